The Morgan fingerprint density at radius 1 is 1.59 bits per heavy atom. The van der Waals surface area contributed by atoms with Crippen molar-refractivity contribution in [3.05, 3.63) is 18.0 Å². The lowest BCUT2D eigenvalue weighted by Gasteiger charge is -2.24. The van der Waals surface area contributed by atoms with Crippen molar-refractivity contribution in [2.75, 3.05) is 25.6 Å². The van der Waals surface area contributed by atoms with E-state index in [0.717, 1.165) is 43.1 Å². The summed E-state index contributed by atoms with van der Waals surface area (Å²) in [7, 11) is 1.66. The molecule has 0 aromatic carbocycles. The van der Waals surface area contributed by atoms with Crippen molar-refractivity contribution >= 4 is 5.69 Å². The Labute approximate surface area is 102 Å². The van der Waals surface area contributed by atoms with Gasteiger partial charge in [-0.1, -0.05) is 0 Å². The summed E-state index contributed by atoms with van der Waals surface area (Å²) in [6, 6.07) is 2.00. The molecule has 1 aliphatic heterocycles. The van der Waals surface area contributed by atoms with E-state index in [1.807, 2.05) is 13.0 Å². The van der Waals surface area contributed by atoms with Gasteiger partial charge in [-0.2, -0.15) is 0 Å². The van der Waals surface area contributed by atoms with E-state index in [9.17, 15) is 0 Å². The van der Waals surface area contributed by atoms with Crippen LogP contribution in [0.4, 0.5) is 5.69 Å². The number of nitrogens with one attached hydrogen (secondary N) is 1. The highest BCUT2D eigenvalue weighted by Crippen LogP contribution is 2.28. The minimum atomic E-state index is -0.0534. The molecule has 2 rings (SSSR count). The highest BCUT2D eigenvalue weighted by Gasteiger charge is 2.29. The Kier molecular flexibility index (Phi) is 3.52. The van der Waals surface area contributed by atoms with Crippen molar-refractivity contribution in [1.29, 1.82) is 0 Å². The predicted molar refractivity (Wildman–Crippen MR) is 67.6 cm³/mol. The summed E-state index contributed by atoms with van der Waals surface area (Å²) < 4.78 is 11.0. The molecule has 4 heteroatoms. The van der Waals surface area contributed by atoms with Crippen LogP contribution in [0.1, 0.15) is 25.5 Å². The molecule has 1 aromatic heterocycles. The lowest BCUT2D eigenvalue weighted by Crippen LogP contribution is -2.32. The fourth-order valence-corrected chi connectivity index (χ4v) is 2.11. The fourth-order valence-electron chi connectivity index (χ4n) is 2.11. The van der Waals surface area contributed by atoms with Crippen LogP contribution >= 0.6 is 0 Å². The Bertz CT molecular complexity index is 387. The molecule has 4 nitrogen and oxygen atoms in total. The van der Waals surface area contributed by atoms with Gasteiger partial charge in [0.25, 0.3) is 0 Å². The van der Waals surface area contributed by atoms with Gasteiger partial charge in [-0.05, 0) is 32.8 Å². The Hall–Kier alpha value is -1.29. The number of aromatic nitrogens is 1. The van der Waals surface area contributed by atoms with Crippen LogP contribution in [0.5, 0.6) is 5.75 Å². The van der Waals surface area contributed by atoms with Gasteiger partial charge in [0, 0.05) is 18.8 Å². The van der Waals surface area contributed by atoms with E-state index >= 15 is 0 Å². The SMILES string of the molecule is COc1cnc(C)cc1NCC1(C)CCCO1. The summed E-state index contributed by atoms with van der Waals surface area (Å²) in [5.41, 5.74) is 1.91. The predicted octanol–water partition coefficient (Wildman–Crippen LogP) is 2.38. The molecule has 0 bridgehead atoms. The summed E-state index contributed by atoms with van der Waals surface area (Å²) >= 11 is 0. The largest absolute Gasteiger partial charge is 0.493 e. The van der Waals surface area contributed by atoms with Gasteiger partial charge < -0.3 is 14.8 Å². The zero-order chi connectivity index (χ0) is 12.3. The van der Waals surface area contributed by atoms with E-state index in [1.54, 1.807) is 13.3 Å². The molecular weight excluding hydrogens is 216 g/mol. The Balaban J connectivity index is 2.05. The lowest BCUT2D eigenvalue weighted by atomic mass is 10.0. The maximum atomic E-state index is 5.75. The van der Waals surface area contributed by atoms with Gasteiger partial charge in [-0.3, -0.25) is 4.98 Å². The van der Waals surface area contributed by atoms with Crippen LogP contribution < -0.4 is 10.1 Å². The van der Waals surface area contributed by atoms with Gasteiger partial charge in [0.05, 0.1) is 24.6 Å². The number of anilines is 1. The van der Waals surface area contributed by atoms with E-state index < -0.39 is 0 Å². The zero-order valence-electron chi connectivity index (χ0n) is 10.7. The highest BCUT2D eigenvalue weighted by molar-refractivity contribution is 5.56. The minimum Gasteiger partial charge on any atom is -0.493 e. The van der Waals surface area contributed by atoms with Gasteiger partial charge in [0.15, 0.2) is 5.75 Å². The van der Waals surface area contributed by atoms with Crippen LogP contribution in [-0.4, -0.2) is 30.8 Å². The van der Waals surface area contributed by atoms with Crippen molar-refractivity contribution in [2.45, 2.75) is 32.3 Å². The number of rotatable bonds is 4. The number of hydrogen-bond donors (Lipinski definition) is 1. The second-order valence-electron chi connectivity index (χ2n) is 4.78. The molecule has 1 atom stereocenters. The first-order chi connectivity index (χ1) is 8.13. The van der Waals surface area contributed by atoms with Crippen LogP contribution in [0.3, 0.4) is 0 Å². The zero-order valence-corrected chi connectivity index (χ0v) is 10.7. The molecule has 1 saturated heterocycles. The highest BCUT2D eigenvalue weighted by atomic mass is 16.5. The van der Waals surface area contributed by atoms with Crippen molar-refractivity contribution in [3.8, 4) is 5.75 Å². The van der Waals surface area contributed by atoms with Crippen molar-refractivity contribution in [2.24, 2.45) is 0 Å². The van der Waals surface area contributed by atoms with Gasteiger partial charge in [0.2, 0.25) is 0 Å². The molecular formula is C13H20N2O2. The molecule has 0 amide bonds. The van der Waals surface area contributed by atoms with Crippen molar-refractivity contribution < 1.29 is 9.47 Å². The van der Waals surface area contributed by atoms with Gasteiger partial charge in [-0.15, -0.1) is 0 Å². The number of nitrogens with zero attached hydrogens (tertiary/aromatic N) is 1. The maximum Gasteiger partial charge on any atom is 0.160 e. The van der Waals surface area contributed by atoms with Gasteiger partial charge in [-0.25, -0.2) is 0 Å². The monoisotopic (exact) mass is 236 g/mol. The van der Waals surface area contributed by atoms with Crippen molar-refractivity contribution in [1.82, 2.24) is 4.98 Å². The van der Waals surface area contributed by atoms with Crippen LogP contribution in [0.25, 0.3) is 0 Å². The molecule has 0 saturated carbocycles. The maximum absolute atomic E-state index is 5.75. The summed E-state index contributed by atoms with van der Waals surface area (Å²) in [5.74, 6) is 0.775. The topological polar surface area (TPSA) is 43.4 Å². The molecule has 2 heterocycles. The summed E-state index contributed by atoms with van der Waals surface area (Å²) in [5, 5.41) is 3.40. The number of pyridine rings is 1. The first-order valence-electron chi connectivity index (χ1n) is 6.01. The second kappa shape index (κ2) is 4.92. The number of hydrogen-bond acceptors (Lipinski definition) is 4. The normalized spacial score (nSPS) is 23.7. The van der Waals surface area contributed by atoms with Crippen LogP contribution in [0, 0.1) is 6.92 Å². The average Bonchev–Trinajstić information content (AvgIpc) is 2.74. The standard InChI is InChI=1S/C13H20N2O2/c1-10-7-11(12(16-3)8-14-10)15-9-13(2)5-4-6-17-13/h7-8H,4-6,9H2,1-3H3,(H,14,15). The second-order valence-corrected chi connectivity index (χ2v) is 4.78. The van der Waals surface area contributed by atoms with E-state index in [1.165, 1.54) is 0 Å². The molecule has 17 heavy (non-hydrogen) atoms. The number of ether oxygens (including phenoxy) is 2. The van der Waals surface area contributed by atoms with E-state index in [0.29, 0.717) is 0 Å². The molecule has 0 spiro atoms. The Morgan fingerprint density at radius 2 is 2.41 bits per heavy atom. The third-order valence-corrected chi connectivity index (χ3v) is 3.18. The molecule has 1 aliphatic rings. The minimum absolute atomic E-state index is 0.0534. The molecule has 1 aromatic rings. The van der Waals surface area contributed by atoms with Gasteiger partial charge >= 0.3 is 0 Å². The third kappa shape index (κ3) is 2.88. The number of methoxy groups -OCH3 is 1. The van der Waals surface area contributed by atoms with E-state index in [2.05, 4.69) is 17.2 Å². The fraction of sp³-hybridized carbons (Fsp3) is 0.615. The first-order valence-corrected chi connectivity index (χ1v) is 6.01. The quantitative estimate of drug-likeness (QED) is 0.871. The average molecular weight is 236 g/mol. The summed E-state index contributed by atoms with van der Waals surface area (Å²) in [6.07, 6.45) is 3.99. The number of aryl methyl sites for hydroxylation is 1. The van der Waals surface area contributed by atoms with Crippen molar-refractivity contribution in [3.63, 3.8) is 0 Å². The molecule has 1 fully saturated rings. The Morgan fingerprint density at radius 3 is 3.06 bits per heavy atom. The lowest BCUT2D eigenvalue weighted by molar-refractivity contribution is 0.0315. The van der Waals surface area contributed by atoms with Crippen LogP contribution in [0.15, 0.2) is 12.3 Å². The summed E-state index contributed by atoms with van der Waals surface area (Å²) in [4.78, 5) is 4.21. The van der Waals surface area contributed by atoms with E-state index in [-0.39, 0.29) is 5.60 Å². The third-order valence-electron chi connectivity index (χ3n) is 3.18. The van der Waals surface area contributed by atoms with Crippen LogP contribution in [-0.2, 0) is 4.74 Å². The summed E-state index contributed by atoms with van der Waals surface area (Å²) in [6.45, 7) is 5.78. The van der Waals surface area contributed by atoms with Crippen LogP contribution in [0.2, 0.25) is 0 Å². The molecule has 0 aliphatic carbocycles. The molecule has 1 unspecified atom stereocenters. The smallest absolute Gasteiger partial charge is 0.160 e. The molecule has 94 valence electrons. The van der Waals surface area contributed by atoms with Gasteiger partial charge in [0.1, 0.15) is 0 Å². The first kappa shape index (κ1) is 12.2. The molecule has 0 radical (unpaired) electrons. The van der Waals surface area contributed by atoms with E-state index in [4.69, 9.17) is 9.47 Å². The molecule has 1 N–H and O–H groups in total.